The van der Waals surface area contributed by atoms with Gasteiger partial charge in [-0.25, -0.2) is 0 Å². The molecule has 0 fully saturated rings. The van der Waals surface area contributed by atoms with E-state index in [9.17, 15) is 0 Å². The van der Waals surface area contributed by atoms with Crippen molar-refractivity contribution in [2.24, 2.45) is 0 Å². The van der Waals surface area contributed by atoms with Crippen molar-refractivity contribution >= 4 is 0 Å². The highest BCUT2D eigenvalue weighted by molar-refractivity contribution is 5.22. The molecule has 0 aromatic carbocycles. The van der Waals surface area contributed by atoms with Crippen molar-refractivity contribution < 1.29 is 0 Å². The van der Waals surface area contributed by atoms with Gasteiger partial charge in [-0.15, -0.1) is 18.8 Å². The molecule has 0 bridgehead atoms. The highest BCUT2D eigenvalue weighted by Gasteiger charge is 1.95. The summed E-state index contributed by atoms with van der Waals surface area (Å²) in [4.78, 5) is 0. The maximum Gasteiger partial charge on any atom is 0.110 e. The summed E-state index contributed by atoms with van der Waals surface area (Å²) in [6.45, 7) is 0.697. The first kappa shape index (κ1) is 7.44. The average Bonchev–Trinajstić information content (AvgIpc) is 2.47. The maximum absolute atomic E-state index is 5.20. The van der Waals surface area contributed by atoms with Gasteiger partial charge in [-0.2, -0.15) is 5.10 Å². The van der Waals surface area contributed by atoms with Gasteiger partial charge >= 0.3 is 0 Å². The topological polar surface area (TPSA) is 17.8 Å². The molecule has 2 nitrogen and oxygen atoms in total. The molecule has 0 aliphatic heterocycles. The van der Waals surface area contributed by atoms with Crippen LogP contribution < -0.4 is 0 Å². The van der Waals surface area contributed by atoms with Gasteiger partial charge in [-0.1, -0.05) is 5.92 Å². The lowest BCUT2D eigenvalue weighted by atomic mass is 10.4. The minimum atomic E-state index is 0.663. The molecule has 11 heavy (non-hydrogen) atoms. The van der Waals surface area contributed by atoms with Crippen molar-refractivity contribution in [2.45, 2.75) is 13.0 Å². The van der Waals surface area contributed by atoms with Gasteiger partial charge in [0.2, 0.25) is 0 Å². The Labute approximate surface area is 66.2 Å². The van der Waals surface area contributed by atoms with Crippen LogP contribution in [0.5, 0.6) is 0 Å². The molecule has 0 amide bonds. The summed E-state index contributed by atoms with van der Waals surface area (Å²) < 4.78 is 1.72. The third-order valence-corrected chi connectivity index (χ3v) is 1.33. The van der Waals surface area contributed by atoms with Crippen LogP contribution in [0.25, 0.3) is 0 Å². The van der Waals surface area contributed by atoms with Crippen LogP contribution in [0, 0.1) is 24.7 Å². The van der Waals surface area contributed by atoms with Crippen LogP contribution in [-0.2, 0) is 6.54 Å². The molecule has 1 heterocycles. The van der Waals surface area contributed by atoms with Crippen LogP contribution in [0.2, 0.25) is 0 Å². The minimum Gasteiger partial charge on any atom is -0.256 e. The normalized spacial score (nSPS) is 8.55. The lowest BCUT2D eigenvalue weighted by Gasteiger charge is -1.97. The highest BCUT2D eigenvalue weighted by Crippen LogP contribution is 1.96. The SMILES string of the molecule is C#CCCn1nccc1C#C. The first-order valence-electron chi connectivity index (χ1n) is 3.30. The summed E-state index contributed by atoms with van der Waals surface area (Å²) in [5.74, 6) is 5.04. The second-order valence-electron chi connectivity index (χ2n) is 2.04. The van der Waals surface area contributed by atoms with E-state index in [0.29, 0.717) is 13.0 Å². The van der Waals surface area contributed by atoms with Crippen molar-refractivity contribution in [3.05, 3.63) is 18.0 Å². The number of nitrogens with zero attached hydrogens (tertiary/aromatic N) is 2. The van der Waals surface area contributed by atoms with Crippen molar-refractivity contribution in [2.75, 3.05) is 0 Å². The Bertz CT molecular complexity index is 309. The zero-order valence-electron chi connectivity index (χ0n) is 6.12. The molecule has 0 spiro atoms. The Hall–Kier alpha value is -1.67. The van der Waals surface area contributed by atoms with Gasteiger partial charge in [0, 0.05) is 6.42 Å². The van der Waals surface area contributed by atoms with Crippen molar-refractivity contribution in [1.82, 2.24) is 9.78 Å². The van der Waals surface area contributed by atoms with E-state index >= 15 is 0 Å². The quantitative estimate of drug-likeness (QED) is 0.563. The van der Waals surface area contributed by atoms with Gasteiger partial charge < -0.3 is 0 Å². The lowest BCUT2D eigenvalue weighted by molar-refractivity contribution is 0.623. The van der Waals surface area contributed by atoms with Crippen LogP contribution in [0.4, 0.5) is 0 Å². The first-order valence-corrected chi connectivity index (χ1v) is 3.30. The average molecular weight is 144 g/mol. The van der Waals surface area contributed by atoms with Crippen molar-refractivity contribution in [3.63, 3.8) is 0 Å². The van der Waals surface area contributed by atoms with Crippen LogP contribution in [0.3, 0.4) is 0 Å². The predicted molar refractivity (Wildman–Crippen MR) is 43.6 cm³/mol. The molecule has 54 valence electrons. The molecule has 0 saturated heterocycles. The Morgan fingerprint density at radius 1 is 1.55 bits per heavy atom. The second kappa shape index (κ2) is 3.49. The van der Waals surface area contributed by atoms with E-state index in [0.717, 1.165) is 5.69 Å². The summed E-state index contributed by atoms with van der Waals surface area (Å²) in [5, 5.41) is 4.00. The van der Waals surface area contributed by atoms with E-state index in [-0.39, 0.29) is 0 Å². The molecular weight excluding hydrogens is 136 g/mol. The fourth-order valence-corrected chi connectivity index (χ4v) is 0.804. The number of aryl methyl sites for hydroxylation is 1. The maximum atomic E-state index is 5.20. The summed E-state index contributed by atoms with van der Waals surface area (Å²) in [6, 6.07) is 1.79. The monoisotopic (exact) mass is 144 g/mol. The third kappa shape index (κ3) is 1.63. The number of hydrogen-bond donors (Lipinski definition) is 0. The van der Waals surface area contributed by atoms with E-state index in [4.69, 9.17) is 12.8 Å². The zero-order chi connectivity index (χ0) is 8.10. The number of aromatic nitrogens is 2. The minimum absolute atomic E-state index is 0.663. The van der Waals surface area contributed by atoms with Gasteiger partial charge in [-0.05, 0) is 6.07 Å². The molecule has 0 aliphatic carbocycles. The fourth-order valence-electron chi connectivity index (χ4n) is 0.804. The molecule has 1 aromatic rings. The first-order chi connectivity index (χ1) is 5.38. The summed E-state index contributed by atoms with van der Waals surface area (Å²) >= 11 is 0. The molecule has 1 aromatic heterocycles. The number of rotatable bonds is 2. The van der Waals surface area contributed by atoms with Gasteiger partial charge in [0.1, 0.15) is 5.69 Å². The molecule has 0 aliphatic rings. The molecular formula is C9H8N2. The molecule has 2 heteroatoms. The van der Waals surface area contributed by atoms with Gasteiger partial charge in [0.15, 0.2) is 0 Å². The van der Waals surface area contributed by atoms with Crippen molar-refractivity contribution in [1.29, 1.82) is 0 Å². The lowest BCUT2D eigenvalue weighted by Crippen LogP contribution is -2.01. The van der Waals surface area contributed by atoms with Crippen LogP contribution in [-0.4, -0.2) is 9.78 Å². The highest BCUT2D eigenvalue weighted by atomic mass is 15.3. The largest absolute Gasteiger partial charge is 0.256 e. The number of hydrogen-bond acceptors (Lipinski definition) is 1. The molecule has 1 rings (SSSR count). The van der Waals surface area contributed by atoms with E-state index in [1.807, 2.05) is 0 Å². The van der Waals surface area contributed by atoms with E-state index in [1.165, 1.54) is 0 Å². The zero-order valence-corrected chi connectivity index (χ0v) is 6.12. The number of terminal acetylenes is 2. The van der Waals surface area contributed by atoms with Crippen molar-refractivity contribution in [3.8, 4) is 24.7 Å². The van der Waals surface area contributed by atoms with Gasteiger partial charge in [0.25, 0.3) is 0 Å². The summed E-state index contributed by atoms with van der Waals surface area (Å²) in [7, 11) is 0. The van der Waals surface area contributed by atoms with Crippen LogP contribution in [0.1, 0.15) is 12.1 Å². The second-order valence-corrected chi connectivity index (χ2v) is 2.04. The fraction of sp³-hybridized carbons (Fsp3) is 0.222. The van der Waals surface area contributed by atoms with E-state index in [1.54, 1.807) is 16.9 Å². The standard InChI is InChI=1S/C9H8N2/c1-3-5-8-11-9(4-2)6-7-10-11/h1-2,6-7H,5,8H2. The predicted octanol–water partition coefficient (Wildman–Crippen LogP) is 0.888. The molecule has 0 radical (unpaired) electrons. The van der Waals surface area contributed by atoms with Crippen LogP contribution >= 0.6 is 0 Å². The Morgan fingerprint density at radius 2 is 2.36 bits per heavy atom. The van der Waals surface area contributed by atoms with E-state index in [2.05, 4.69) is 16.9 Å². The Morgan fingerprint density at radius 3 is 3.00 bits per heavy atom. The van der Waals surface area contributed by atoms with E-state index < -0.39 is 0 Å². The molecule has 0 unspecified atom stereocenters. The Kier molecular flexibility index (Phi) is 2.36. The smallest absolute Gasteiger partial charge is 0.110 e. The van der Waals surface area contributed by atoms with Crippen LogP contribution in [0.15, 0.2) is 12.3 Å². The van der Waals surface area contributed by atoms with Gasteiger partial charge in [-0.3, -0.25) is 4.68 Å². The molecule has 0 N–H and O–H groups in total. The summed E-state index contributed by atoms with van der Waals surface area (Å²) in [6.07, 6.45) is 12.6. The summed E-state index contributed by atoms with van der Waals surface area (Å²) in [5.41, 5.74) is 0.778. The van der Waals surface area contributed by atoms with Gasteiger partial charge in [0.05, 0.1) is 12.7 Å². The molecule has 0 atom stereocenters. The Balaban J connectivity index is 2.72. The molecule has 0 saturated carbocycles. The third-order valence-electron chi connectivity index (χ3n) is 1.33.